The van der Waals surface area contributed by atoms with E-state index in [9.17, 15) is 4.79 Å². The average molecular weight is 240 g/mol. The summed E-state index contributed by atoms with van der Waals surface area (Å²) in [7, 11) is 0. The zero-order chi connectivity index (χ0) is 12.8. The largest absolute Gasteiger partial charge is 0.481 e. The van der Waals surface area contributed by atoms with Crippen LogP contribution in [-0.4, -0.2) is 11.1 Å². The fourth-order valence-corrected chi connectivity index (χ4v) is 1.94. The Morgan fingerprint density at radius 1 is 0.882 bits per heavy atom. The Kier molecular flexibility index (Phi) is 12.7. The van der Waals surface area contributed by atoms with Crippen molar-refractivity contribution >= 4 is 5.97 Å². The number of aliphatic carboxylic acids is 1. The average Bonchev–Trinajstić information content (AvgIpc) is 2.30. The van der Waals surface area contributed by atoms with Crippen molar-refractivity contribution in [2.45, 2.75) is 77.6 Å². The summed E-state index contributed by atoms with van der Waals surface area (Å²) < 4.78 is 0. The van der Waals surface area contributed by atoms with Crippen LogP contribution in [0.3, 0.4) is 0 Å². The van der Waals surface area contributed by atoms with Gasteiger partial charge in [-0.2, -0.15) is 0 Å². The lowest BCUT2D eigenvalue weighted by atomic mass is 10.1. The summed E-state index contributed by atoms with van der Waals surface area (Å²) in [6, 6.07) is 0. The highest BCUT2D eigenvalue weighted by atomic mass is 16.4. The van der Waals surface area contributed by atoms with Gasteiger partial charge in [0.25, 0.3) is 0 Å². The van der Waals surface area contributed by atoms with Gasteiger partial charge >= 0.3 is 5.97 Å². The molecule has 0 bridgehead atoms. The maximum absolute atomic E-state index is 10.3. The molecule has 0 saturated carbocycles. The maximum Gasteiger partial charge on any atom is 0.303 e. The van der Waals surface area contributed by atoms with E-state index in [1.165, 1.54) is 51.4 Å². The number of allylic oxidation sites excluding steroid dienone is 2. The van der Waals surface area contributed by atoms with Crippen LogP contribution >= 0.6 is 0 Å². The third-order valence-corrected chi connectivity index (χ3v) is 3.00. The topological polar surface area (TPSA) is 37.3 Å². The van der Waals surface area contributed by atoms with E-state index in [0.29, 0.717) is 6.42 Å². The maximum atomic E-state index is 10.3. The zero-order valence-corrected chi connectivity index (χ0v) is 11.3. The molecule has 2 heteroatoms. The number of rotatable bonds is 12. The number of carbonyl (C=O) groups is 1. The summed E-state index contributed by atoms with van der Waals surface area (Å²) in [6.07, 6.45) is 17.0. The second kappa shape index (κ2) is 13.3. The van der Waals surface area contributed by atoms with E-state index in [2.05, 4.69) is 19.1 Å². The molecule has 0 amide bonds. The quantitative estimate of drug-likeness (QED) is 0.387. The minimum Gasteiger partial charge on any atom is -0.481 e. The van der Waals surface area contributed by atoms with Crippen molar-refractivity contribution < 1.29 is 9.90 Å². The minimum atomic E-state index is -0.661. The molecule has 2 nitrogen and oxygen atoms in total. The van der Waals surface area contributed by atoms with Gasteiger partial charge in [0.1, 0.15) is 0 Å². The highest BCUT2D eigenvalue weighted by Gasteiger charge is 1.96. The molecule has 0 aliphatic rings. The molecule has 0 heterocycles. The summed E-state index contributed by atoms with van der Waals surface area (Å²) in [4.78, 5) is 10.3. The first-order valence-electron chi connectivity index (χ1n) is 7.10. The third kappa shape index (κ3) is 15.2. The molecule has 100 valence electrons. The summed E-state index contributed by atoms with van der Waals surface area (Å²) >= 11 is 0. The Balaban J connectivity index is 2.96. The van der Waals surface area contributed by atoms with E-state index in [4.69, 9.17) is 5.11 Å². The second-order valence-corrected chi connectivity index (χ2v) is 4.68. The number of carboxylic acids is 1. The monoisotopic (exact) mass is 240 g/mol. The summed E-state index contributed by atoms with van der Waals surface area (Å²) in [5, 5.41) is 8.47. The predicted octanol–water partition coefficient (Wildman–Crippen LogP) is 4.94. The normalized spacial score (nSPS) is 11.1. The highest BCUT2D eigenvalue weighted by molar-refractivity contribution is 5.66. The first-order valence-corrected chi connectivity index (χ1v) is 7.10. The van der Waals surface area contributed by atoms with Gasteiger partial charge in [0, 0.05) is 6.42 Å². The van der Waals surface area contributed by atoms with E-state index in [0.717, 1.165) is 12.8 Å². The highest BCUT2D eigenvalue weighted by Crippen LogP contribution is 2.11. The van der Waals surface area contributed by atoms with Gasteiger partial charge in [-0.15, -0.1) is 0 Å². The van der Waals surface area contributed by atoms with Crippen molar-refractivity contribution in [3.05, 3.63) is 12.2 Å². The molecule has 0 unspecified atom stereocenters. The number of unbranched alkanes of at least 4 members (excludes halogenated alkanes) is 9. The molecular weight excluding hydrogens is 212 g/mol. The number of hydrogen-bond acceptors (Lipinski definition) is 1. The summed E-state index contributed by atoms with van der Waals surface area (Å²) in [6.45, 7) is 2.07. The van der Waals surface area contributed by atoms with Gasteiger partial charge in [-0.05, 0) is 26.2 Å². The molecule has 0 atom stereocenters. The lowest BCUT2D eigenvalue weighted by Crippen LogP contribution is -1.93. The lowest BCUT2D eigenvalue weighted by molar-refractivity contribution is -0.137. The second-order valence-electron chi connectivity index (χ2n) is 4.68. The fourth-order valence-electron chi connectivity index (χ4n) is 1.94. The summed E-state index contributed by atoms with van der Waals surface area (Å²) in [5.41, 5.74) is 0. The molecule has 0 aromatic rings. The van der Waals surface area contributed by atoms with Crippen molar-refractivity contribution in [2.24, 2.45) is 0 Å². The van der Waals surface area contributed by atoms with Gasteiger partial charge in [0.2, 0.25) is 0 Å². The molecule has 0 aromatic carbocycles. The van der Waals surface area contributed by atoms with Crippen LogP contribution in [0.2, 0.25) is 0 Å². The molecule has 0 rings (SSSR count). The van der Waals surface area contributed by atoms with Crippen LogP contribution in [0.25, 0.3) is 0 Å². The van der Waals surface area contributed by atoms with Crippen molar-refractivity contribution in [2.75, 3.05) is 0 Å². The molecule has 0 aromatic heterocycles. The third-order valence-electron chi connectivity index (χ3n) is 3.00. The van der Waals surface area contributed by atoms with E-state index in [1.54, 1.807) is 0 Å². The molecule has 0 aliphatic heterocycles. The number of hydrogen-bond donors (Lipinski definition) is 1. The molecule has 0 aliphatic carbocycles. The van der Waals surface area contributed by atoms with Crippen molar-refractivity contribution in [3.8, 4) is 0 Å². The van der Waals surface area contributed by atoms with E-state index < -0.39 is 5.97 Å². The number of carboxylic acid groups (broad SMARTS) is 1. The van der Waals surface area contributed by atoms with Gasteiger partial charge in [0.05, 0.1) is 0 Å². The van der Waals surface area contributed by atoms with Crippen molar-refractivity contribution in [1.82, 2.24) is 0 Å². The van der Waals surface area contributed by atoms with Crippen LogP contribution < -0.4 is 0 Å². The summed E-state index contributed by atoms with van der Waals surface area (Å²) in [5.74, 6) is -0.661. The van der Waals surface area contributed by atoms with Crippen LogP contribution in [0.4, 0.5) is 0 Å². The van der Waals surface area contributed by atoms with Gasteiger partial charge in [0.15, 0.2) is 0 Å². The SMILES string of the molecule is CC=CCCCCCCCCCCCC(=O)O. The molecule has 0 spiro atoms. The molecule has 0 radical (unpaired) electrons. The van der Waals surface area contributed by atoms with E-state index >= 15 is 0 Å². The van der Waals surface area contributed by atoms with Crippen molar-refractivity contribution in [3.63, 3.8) is 0 Å². The Bertz CT molecular complexity index is 197. The van der Waals surface area contributed by atoms with Gasteiger partial charge < -0.3 is 5.11 Å². The van der Waals surface area contributed by atoms with Crippen LogP contribution in [0.5, 0.6) is 0 Å². The van der Waals surface area contributed by atoms with Gasteiger partial charge in [-0.25, -0.2) is 0 Å². The Morgan fingerprint density at radius 2 is 1.35 bits per heavy atom. The fraction of sp³-hybridized carbons (Fsp3) is 0.800. The predicted molar refractivity (Wildman–Crippen MR) is 73.2 cm³/mol. The Labute approximate surface area is 106 Å². The van der Waals surface area contributed by atoms with E-state index in [-0.39, 0.29) is 0 Å². The van der Waals surface area contributed by atoms with Crippen molar-refractivity contribution in [1.29, 1.82) is 0 Å². The Morgan fingerprint density at radius 3 is 1.82 bits per heavy atom. The molecular formula is C15H28O2. The first kappa shape index (κ1) is 16.2. The van der Waals surface area contributed by atoms with Gasteiger partial charge in [-0.3, -0.25) is 4.79 Å². The zero-order valence-electron chi connectivity index (χ0n) is 11.3. The van der Waals surface area contributed by atoms with E-state index in [1.807, 2.05) is 0 Å². The molecule has 0 fully saturated rings. The Hall–Kier alpha value is -0.790. The van der Waals surface area contributed by atoms with Gasteiger partial charge in [-0.1, -0.05) is 57.1 Å². The molecule has 1 N–H and O–H groups in total. The molecule has 0 saturated heterocycles. The van der Waals surface area contributed by atoms with Crippen LogP contribution in [-0.2, 0) is 4.79 Å². The first-order chi connectivity index (χ1) is 8.27. The van der Waals surface area contributed by atoms with Crippen LogP contribution in [0.15, 0.2) is 12.2 Å². The minimum absolute atomic E-state index is 0.338. The molecule has 17 heavy (non-hydrogen) atoms. The smallest absolute Gasteiger partial charge is 0.303 e. The standard InChI is InChI=1S/C15H28O2/c1-2-3-4-5-6-7-8-9-10-11-12-13-14-15(16)17/h2-3H,4-14H2,1H3,(H,16,17). The van der Waals surface area contributed by atoms with Crippen LogP contribution in [0.1, 0.15) is 77.6 Å². The van der Waals surface area contributed by atoms with Crippen LogP contribution in [0, 0.1) is 0 Å². The lowest BCUT2D eigenvalue weighted by Gasteiger charge is -2.01.